The highest BCUT2D eigenvalue weighted by atomic mass is 16.5. The number of carbonyl (C=O) groups is 3. The normalized spacial score (nSPS) is 11.4. The molecule has 6 aromatic rings. The van der Waals surface area contributed by atoms with Crippen LogP contribution in [0.4, 0.5) is 0 Å². The van der Waals surface area contributed by atoms with Gasteiger partial charge in [-0.3, -0.25) is 4.79 Å². The SMILES string of the molecule is N#CCC(NC(=O)c1ccccc1)C(=O)Oc1ccc2ccccc2c1-c1c(OC(=O)c2ccccc2)ccc2ccccc12. The minimum absolute atomic E-state index is 0.184. The first-order chi connectivity index (χ1) is 22.0. The Kier molecular flexibility index (Phi) is 8.29. The number of benzene rings is 6. The molecule has 1 N–H and O–H groups in total. The summed E-state index contributed by atoms with van der Waals surface area (Å²) in [5.74, 6) is -1.38. The van der Waals surface area contributed by atoms with E-state index in [0.29, 0.717) is 22.3 Å². The van der Waals surface area contributed by atoms with Crippen molar-refractivity contribution in [3.05, 3.63) is 145 Å². The van der Waals surface area contributed by atoms with Gasteiger partial charge in [0.2, 0.25) is 0 Å². The highest BCUT2D eigenvalue weighted by Crippen LogP contribution is 2.45. The molecular formula is C38H26N2O5. The Morgan fingerprint density at radius 1 is 0.600 bits per heavy atom. The Labute approximate surface area is 259 Å². The quantitative estimate of drug-likeness (QED) is 0.145. The van der Waals surface area contributed by atoms with Gasteiger partial charge in [-0.2, -0.15) is 5.26 Å². The summed E-state index contributed by atoms with van der Waals surface area (Å²) < 4.78 is 12.0. The molecule has 6 rings (SSSR count). The third kappa shape index (κ3) is 6.12. The fourth-order valence-corrected chi connectivity index (χ4v) is 5.22. The molecule has 0 saturated carbocycles. The van der Waals surface area contributed by atoms with E-state index in [1.807, 2.05) is 72.8 Å². The van der Waals surface area contributed by atoms with Crippen molar-refractivity contribution in [1.29, 1.82) is 5.26 Å². The van der Waals surface area contributed by atoms with Crippen molar-refractivity contribution < 1.29 is 23.9 Å². The van der Waals surface area contributed by atoms with Gasteiger partial charge in [0.1, 0.15) is 17.5 Å². The number of esters is 2. The molecule has 7 nitrogen and oxygen atoms in total. The van der Waals surface area contributed by atoms with E-state index in [-0.39, 0.29) is 17.9 Å². The zero-order valence-electron chi connectivity index (χ0n) is 24.0. The molecule has 1 atom stereocenters. The number of rotatable bonds is 8. The predicted octanol–water partition coefficient (Wildman–Crippen LogP) is 7.50. The van der Waals surface area contributed by atoms with Crippen molar-refractivity contribution in [1.82, 2.24) is 5.32 Å². The van der Waals surface area contributed by atoms with Crippen LogP contribution in [-0.2, 0) is 4.79 Å². The number of nitrogens with zero attached hydrogens (tertiary/aromatic N) is 1. The van der Waals surface area contributed by atoms with Crippen LogP contribution in [0.2, 0.25) is 0 Å². The Hall–Kier alpha value is -6.26. The fourth-order valence-electron chi connectivity index (χ4n) is 5.22. The summed E-state index contributed by atoms with van der Waals surface area (Å²) in [6, 6.07) is 40.2. The lowest BCUT2D eigenvalue weighted by atomic mass is 9.92. The van der Waals surface area contributed by atoms with Crippen LogP contribution in [0.25, 0.3) is 32.7 Å². The van der Waals surface area contributed by atoms with Gasteiger partial charge in [0.05, 0.1) is 18.1 Å². The van der Waals surface area contributed by atoms with Crippen molar-refractivity contribution in [2.45, 2.75) is 12.5 Å². The first-order valence-corrected chi connectivity index (χ1v) is 14.3. The molecule has 7 heteroatoms. The number of carbonyl (C=O) groups excluding carboxylic acids is 3. The second kappa shape index (κ2) is 12.9. The Bertz CT molecular complexity index is 2090. The van der Waals surface area contributed by atoms with Crippen LogP contribution in [-0.4, -0.2) is 23.9 Å². The van der Waals surface area contributed by atoms with Gasteiger partial charge in [0.15, 0.2) is 0 Å². The molecule has 0 aliphatic carbocycles. The number of ether oxygens (including phenoxy) is 2. The number of fused-ring (bicyclic) bond motifs is 2. The molecule has 0 bridgehead atoms. The first kappa shape index (κ1) is 28.8. The Morgan fingerprint density at radius 2 is 1.09 bits per heavy atom. The molecule has 0 saturated heterocycles. The zero-order chi connectivity index (χ0) is 31.2. The van der Waals surface area contributed by atoms with E-state index in [9.17, 15) is 19.6 Å². The molecule has 0 spiro atoms. The zero-order valence-corrected chi connectivity index (χ0v) is 24.0. The van der Waals surface area contributed by atoms with Crippen LogP contribution >= 0.6 is 0 Å². The molecule has 0 fully saturated rings. The highest BCUT2D eigenvalue weighted by molar-refractivity contribution is 6.11. The summed E-state index contributed by atoms with van der Waals surface area (Å²) in [4.78, 5) is 39.8. The van der Waals surface area contributed by atoms with Gasteiger partial charge in [-0.15, -0.1) is 0 Å². The Morgan fingerprint density at radius 3 is 1.64 bits per heavy atom. The number of nitrogens with one attached hydrogen (secondary N) is 1. The molecule has 0 aliphatic heterocycles. The molecule has 0 aromatic heterocycles. The van der Waals surface area contributed by atoms with Gasteiger partial charge >= 0.3 is 11.9 Å². The number of amides is 1. The van der Waals surface area contributed by atoms with E-state index >= 15 is 0 Å². The van der Waals surface area contributed by atoms with E-state index in [2.05, 4.69) is 5.32 Å². The third-order valence-corrected chi connectivity index (χ3v) is 7.38. The van der Waals surface area contributed by atoms with E-state index in [0.717, 1.165) is 21.5 Å². The smallest absolute Gasteiger partial charge is 0.343 e. The number of hydrogen-bond donors (Lipinski definition) is 1. The maximum absolute atomic E-state index is 13.6. The third-order valence-electron chi connectivity index (χ3n) is 7.38. The summed E-state index contributed by atoms with van der Waals surface area (Å²) in [6.07, 6.45) is -0.297. The minimum atomic E-state index is -1.23. The van der Waals surface area contributed by atoms with Crippen molar-refractivity contribution in [3.8, 4) is 28.7 Å². The standard InChI is InChI=1S/C38H26N2O5/c39-24-23-31(40-36(41)27-13-3-1-4-14-27)38(43)45-33-22-20-26-12-8-10-18-30(26)35(33)34-29-17-9-7-11-25(29)19-21-32(34)44-37(42)28-15-5-2-6-16-28/h1-22,31H,23H2,(H,40,41). The van der Waals surface area contributed by atoms with Gasteiger partial charge in [-0.1, -0.05) is 97.1 Å². The van der Waals surface area contributed by atoms with Crippen LogP contribution in [0.3, 0.4) is 0 Å². The number of hydrogen-bond acceptors (Lipinski definition) is 6. The lowest BCUT2D eigenvalue weighted by Crippen LogP contribution is -2.42. The predicted molar refractivity (Wildman–Crippen MR) is 172 cm³/mol. The largest absolute Gasteiger partial charge is 0.424 e. The lowest BCUT2D eigenvalue weighted by Gasteiger charge is -2.20. The van der Waals surface area contributed by atoms with Gasteiger partial charge < -0.3 is 14.8 Å². The second-order valence-electron chi connectivity index (χ2n) is 10.3. The van der Waals surface area contributed by atoms with Gasteiger partial charge in [-0.05, 0) is 57.9 Å². The van der Waals surface area contributed by atoms with Crippen molar-refractivity contribution in [3.63, 3.8) is 0 Å². The molecule has 1 unspecified atom stereocenters. The summed E-state index contributed by atoms with van der Waals surface area (Å²) in [5, 5.41) is 15.4. The molecule has 0 aliphatic rings. The van der Waals surface area contributed by atoms with Crippen LogP contribution in [0.1, 0.15) is 27.1 Å². The fraction of sp³-hybridized carbons (Fsp3) is 0.0526. The summed E-state index contributed by atoms with van der Waals surface area (Å²) in [5.41, 5.74) is 1.82. The maximum Gasteiger partial charge on any atom is 0.343 e. The van der Waals surface area contributed by atoms with Gasteiger partial charge in [0.25, 0.3) is 5.91 Å². The summed E-state index contributed by atoms with van der Waals surface area (Å²) in [6.45, 7) is 0. The van der Waals surface area contributed by atoms with Crippen LogP contribution < -0.4 is 14.8 Å². The van der Waals surface area contributed by atoms with Crippen LogP contribution in [0, 0.1) is 11.3 Å². The summed E-state index contributed by atoms with van der Waals surface area (Å²) >= 11 is 0. The van der Waals surface area contributed by atoms with E-state index in [1.54, 1.807) is 66.7 Å². The van der Waals surface area contributed by atoms with Crippen molar-refractivity contribution in [2.24, 2.45) is 0 Å². The van der Waals surface area contributed by atoms with E-state index in [1.165, 1.54) is 0 Å². The molecule has 6 aromatic carbocycles. The highest BCUT2D eigenvalue weighted by Gasteiger charge is 2.27. The molecule has 0 radical (unpaired) electrons. The minimum Gasteiger partial charge on any atom is -0.424 e. The van der Waals surface area contributed by atoms with Crippen molar-refractivity contribution >= 4 is 39.4 Å². The number of nitriles is 1. The maximum atomic E-state index is 13.6. The molecule has 0 heterocycles. The average molecular weight is 591 g/mol. The molecule has 218 valence electrons. The van der Waals surface area contributed by atoms with Crippen LogP contribution in [0.15, 0.2) is 133 Å². The van der Waals surface area contributed by atoms with Crippen molar-refractivity contribution in [2.75, 3.05) is 0 Å². The van der Waals surface area contributed by atoms with Gasteiger partial charge in [0, 0.05) is 16.7 Å². The van der Waals surface area contributed by atoms with E-state index in [4.69, 9.17) is 9.47 Å². The average Bonchev–Trinajstić information content (AvgIpc) is 3.09. The molecule has 1 amide bonds. The molecule has 45 heavy (non-hydrogen) atoms. The summed E-state index contributed by atoms with van der Waals surface area (Å²) in [7, 11) is 0. The molecular weight excluding hydrogens is 564 g/mol. The first-order valence-electron chi connectivity index (χ1n) is 14.3. The van der Waals surface area contributed by atoms with Crippen LogP contribution in [0.5, 0.6) is 11.5 Å². The van der Waals surface area contributed by atoms with Gasteiger partial charge in [-0.25, -0.2) is 9.59 Å². The topological polar surface area (TPSA) is 105 Å². The second-order valence-corrected chi connectivity index (χ2v) is 10.3. The Balaban J connectivity index is 1.47. The van der Waals surface area contributed by atoms with E-state index < -0.39 is 23.9 Å². The lowest BCUT2D eigenvalue weighted by molar-refractivity contribution is -0.136. The monoisotopic (exact) mass is 590 g/mol.